The van der Waals surface area contributed by atoms with Crippen molar-refractivity contribution < 1.29 is 26.5 Å². The third kappa shape index (κ3) is 3.33. The van der Waals surface area contributed by atoms with Gasteiger partial charge in [-0.05, 0) is 49.2 Å². The molecule has 0 bridgehead atoms. The van der Waals surface area contributed by atoms with Crippen LogP contribution in [0.3, 0.4) is 0 Å². The predicted octanol–water partition coefficient (Wildman–Crippen LogP) is 1.74. The van der Waals surface area contributed by atoms with Crippen LogP contribution < -0.4 is 21.5 Å². The summed E-state index contributed by atoms with van der Waals surface area (Å²) in [5, 5.41) is 11.1. The minimum atomic E-state index is -0.362. The molecule has 3 aromatic carbocycles. The van der Waals surface area contributed by atoms with Crippen LogP contribution in [-0.2, 0) is 12.8 Å². The fourth-order valence-corrected chi connectivity index (χ4v) is 4.09. The van der Waals surface area contributed by atoms with E-state index in [1.807, 2.05) is 12.1 Å². The summed E-state index contributed by atoms with van der Waals surface area (Å²) in [5.41, 5.74) is 6.92. The summed E-state index contributed by atoms with van der Waals surface area (Å²) in [5.74, 6) is 1.21. The SMILES string of the molecule is Cc1ccc(-n2c(-c3ccc([N+](=O)[O-])cc3)c[n+]3c2CCc2ccccc2-3)cc1.[Br-]. The zero-order chi connectivity index (χ0) is 20.0. The van der Waals surface area contributed by atoms with E-state index in [-0.39, 0.29) is 27.6 Å². The molecule has 5 nitrogen and oxygen atoms in total. The highest BCUT2D eigenvalue weighted by atomic mass is 79.9. The summed E-state index contributed by atoms with van der Waals surface area (Å²) in [6.45, 7) is 2.08. The number of imidazole rings is 1. The van der Waals surface area contributed by atoms with Crippen LogP contribution in [-0.4, -0.2) is 9.49 Å². The highest BCUT2D eigenvalue weighted by Crippen LogP contribution is 2.30. The van der Waals surface area contributed by atoms with Crippen molar-refractivity contribution in [2.45, 2.75) is 19.8 Å². The summed E-state index contributed by atoms with van der Waals surface area (Å²) in [6, 6.07) is 23.8. The van der Waals surface area contributed by atoms with Gasteiger partial charge >= 0.3 is 0 Å². The average Bonchev–Trinajstić information content (AvgIpc) is 3.14. The Bertz CT molecular complexity index is 1230. The molecule has 0 fully saturated rings. The van der Waals surface area contributed by atoms with Crippen molar-refractivity contribution in [2.75, 3.05) is 0 Å². The van der Waals surface area contributed by atoms with Gasteiger partial charge in [-0.15, -0.1) is 0 Å². The highest BCUT2D eigenvalue weighted by molar-refractivity contribution is 5.64. The summed E-state index contributed by atoms with van der Waals surface area (Å²) in [6.07, 6.45) is 4.07. The number of hydrogen-bond donors (Lipinski definition) is 0. The first kappa shape index (κ1) is 20.0. The highest BCUT2D eigenvalue weighted by Gasteiger charge is 2.31. The molecule has 1 aliphatic heterocycles. The molecule has 4 aromatic rings. The van der Waals surface area contributed by atoms with E-state index in [1.165, 1.54) is 22.6 Å². The third-order valence-electron chi connectivity index (χ3n) is 5.56. The van der Waals surface area contributed by atoms with Gasteiger partial charge in [0.25, 0.3) is 11.5 Å². The molecule has 5 rings (SSSR count). The number of rotatable bonds is 3. The Hall–Kier alpha value is -3.25. The van der Waals surface area contributed by atoms with E-state index in [2.05, 4.69) is 70.8 Å². The van der Waals surface area contributed by atoms with Gasteiger partial charge in [0.05, 0.1) is 11.3 Å². The van der Waals surface area contributed by atoms with E-state index >= 15 is 0 Å². The van der Waals surface area contributed by atoms with Gasteiger partial charge in [0.2, 0.25) is 0 Å². The Morgan fingerprint density at radius 3 is 2.33 bits per heavy atom. The van der Waals surface area contributed by atoms with Crippen LogP contribution in [0.5, 0.6) is 0 Å². The molecule has 150 valence electrons. The first-order valence-electron chi connectivity index (χ1n) is 9.68. The topological polar surface area (TPSA) is 51.9 Å². The molecule has 2 heterocycles. The molecule has 1 aliphatic rings. The standard InChI is InChI=1S/C24H20N3O2.BrH/c1-17-6-11-20(12-7-17)26-23(19-8-13-21(14-9-19)27(28)29)16-25-22-5-3-2-4-18(22)10-15-24(25)26;/h2-9,11-14,16H,10,15H2,1H3;1H/q+1;/p-1. The van der Waals surface area contributed by atoms with Crippen molar-refractivity contribution in [1.82, 2.24) is 4.57 Å². The quantitative estimate of drug-likeness (QED) is 0.265. The van der Waals surface area contributed by atoms with Crippen LogP contribution >= 0.6 is 0 Å². The van der Waals surface area contributed by atoms with E-state index in [9.17, 15) is 10.1 Å². The molecule has 0 N–H and O–H groups in total. The number of aromatic nitrogens is 2. The molecule has 0 aliphatic carbocycles. The van der Waals surface area contributed by atoms with Gasteiger partial charge < -0.3 is 17.0 Å². The van der Waals surface area contributed by atoms with Gasteiger partial charge in [0.1, 0.15) is 17.6 Å². The lowest BCUT2D eigenvalue weighted by Gasteiger charge is -2.14. The molecule has 0 spiro atoms. The molecule has 30 heavy (non-hydrogen) atoms. The van der Waals surface area contributed by atoms with E-state index in [4.69, 9.17) is 0 Å². The van der Waals surface area contributed by atoms with Crippen LogP contribution in [0.15, 0.2) is 79.0 Å². The average molecular weight is 462 g/mol. The van der Waals surface area contributed by atoms with Crippen LogP contribution in [0, 0.1) is 17.0 Å². The van der Waals surface area contributed by atoms with E-state index < -0.39 is 0 Å². The monoisotopic (exact) mass is 461 g/mol. The number of nitrogens with zero attached hydrogens (tertiary/aromatic N) is 3. The number of halogens is 1. The molecular weight excluding hydrogens is 442 g/mol. The van der Waals surface area contributed by atoms with Crippen molar-refractivity contribution in [1.29, 1.82) is 0 Å². The predicted molar refractivity (Wildman–Crippen MR) is 112 cm³/mol. The summed E-state index contributed by atoms with van der Waals surface area (Å²) >= 11 is 0. The minimum absolute atomic E-state index is 0. The Morgan fingerprint density at radius 1 is 0.933 bits per heavy atom. The summed E-state index contributed by atoms with van der Waals surface area (Å²) in [7, 11) is 0. The smallest absolute Gasteiger partial charge is 0.269 e. The molecule has 0 saturated heterocycles. The first-order chi connectivity index (χ1) is 14.1. The number of nitro groups is 1. The van der Waals surface area contributed by atoms with E-state index in [1.54, 1.807) is 12.1 Å². The zero-order valence-corrected chi connectivity index (χ0v) is 18.0. The van der Waals surface area contributed by atoms with Gasteiger partial charge in [0.15, 0.2) is 5.69 Å². The molecular formula is C24H20BrN3O2. The lowest BCUT2D eigenvalue weighted by atomic mass is 10.0. The first-order valence-corrected chi connectivity index (χ1v) is 9.68. The zero-order valence-electron chi connectivity index (χ0n) is 16.5. The number of hydrogen-bond acceptors (Lipinski definition) is 2. The van der Waals surface area contributed by atoms with Crippen LogP contribution in [0.1, 0.15) is 17.0 Å². The normalized spacial score (nSPS) is 11.9. The summed E-state index contributed by atoms with van der Waals surface area (Å²) in [4.78, 5) is 10.7. The molecule has 0 unspecified atom stereocenters. The maximum absolute atomic E-state index is 11.1. The van der Waals surface area contributed by atoms with Gasteiger partial charge in [0, 0.05) is 17.7 Å². The Labute approximate surface area is 185 Å². The summed E-state index contributed by atoms with van der Waals surface area (Å²) < 4.78 is 4.53. The maximum atomic E-state index is 11.1. The number of aryl methyl sites for hydroxylation is 2. The Morgan fingerprint density at radius 2 is 1.63 bits per heavy atom. The molecule has 0 radical (unpaired) electrons. The van der Waals surface area contributed by atoms with Crippen molar-refractivity contribution in [3.05, 3.63) is 106 Å². The number of fused-ring (bicyclic) bond motifs is 3. The van der Waals surface area contributed by atoms with E-state index in [0.29, 0.717) is 0 Å². The van der Waals surface area contributed by atoms with Crippen LogP contribution in [0.4, 0.5) is 5.69 Å². The number of para-hydroxylation sites is 1. The van der Waals surface area contributed by atoms with Crippen LogP contribution in [0.25, 0.3) is 22.6 Å². The Kier molecular flexibility index (Phi) is 5.26. The molecule has 6 heteroatoms. The molecule has 0 atom stereocenters. The van der Waals surface area contributed by atoms with Crippen molar-refractivity contribution >= 4 is 5.69 Å². The van der Waals surface area contributed by atoms with Gasteiger partial charge in [-0.3, -0.25) is 10.1 Å². The lowest BCUT2D eigenvalue weighted by molar-refractivity contribution is -0.606. The second-order valence-corrected chi connectivity index (χ2v) is 7.40. The second kappa shape index (κ2) is 7.88. The second-order valence-electron chi connectivity index (χ2n) is 7.40. The van der Waals surface area contributed by atoms with Crippen LogP contribution in [0.2, 0.25) is 0 Å². The lowest BCUT2D eigenvalue weighted by Crippen LogP contribution is -3.00. The molecule has 0 amide bonds. The van der Waals surface area contributed by atoms with Crippen molar-refractivity contribution in [2.24, 2.45) is 0 Å². The maximum Gasteiger partial charge on any atom is 0.269 e. The largest absolute Gasteiger partial charge is 1.00 e. The van der Waals surface area contributed by atoms with Crippen molar-refractivity contribution in [3.63, 3.8) is 0 Å². The van der Waals surface area contributed by atoms with Gasteiger partial charge in [-0.2, -0.15) is 9.13 Å². The van der Waals surface area contributed by atoms with Gasteiger partial charge in [-0.25, -0.2) is 0 Å². The number of non-ortho nitro benzene ring substituents is 1. The third-order valence-corrected chi connectivity index (χ3v) is 5.56. The van der Waals surface area contributed by atoms with E-state index in [0.717, 1.165) is 29.8 Å². The number of nitro benzene ring substituents is 1. The van der Waals surface area contributed by atoms with Crippen molar-refractivity contribution in [3.8, 4) is 22.6 Å². The minimum Gasteiger partial charge on any atom is -1.00 e. The fraction of sp³-hybridized carbons (Fsp3) is 0.125. The molecule has 1 aromatic heterocycles. The molecule has 0 saturated carbocycles. The number of benzene rings is 3. The van der Waals surface area contributed by atoms with Gasteiger partial charge in [-0.1, -0.05) is 35.9 Å². The fourth-order valence-electron chi connectivity index (χ4n) is 4.09. The Balaban J connectivity index is 0.00000218.